The van der Waals surface area contributed by atoms with Crippen LogP contribution in [0.2, 0.25) is 0 Å². The first-order valence-electron chi connectivity index (χ1n) is 16.8. The van der Waals surface area contributed by atoms with Crippen molar-refractivity contribution in [3.05, 3.63) is 143 Å². The monoisotopic (exact) mass is 643 g/mol. The molecule has 7 heteroatoms. The zero-order chi connectivity index (χ0) is 33.5. The summed E-state index contributed by atoms with van der Waals surface area (Å²) in [4.78, 5) is 14.2. The third-order valence-electron chi connectivity index (χ3n) is 9.26. The maximum atomic E-state index is 11.9. The van der Waals surface area contributed by atoms with Gasteiger partial charge in [-0.1, -0.05) is 103 Å². The second-order valence-corrected chi connectivity index (χ2v) is 12.6. The number of likely N-dealkylation sites (N-methyl/N-ethyl adjacent to an activating group) is 1. The first-order chi connectivity index (χ1) is 23.4. The number of amides is 2. The lowest BCUT2D eigenvalue weighted by Crippen LogP contribution is -2.38. The Hall–Kier alpha value is -4.53. The van der Waals surface area contributed by atoms with Crippen LogP contribution < -0.4 is 10.6 Å². The lowest BCUT2D eigenvalue weighted by Gasteiger charge is -2.39. The van der Waals surface area contributed by atoms with Gasteiger partial charge >= 0.3 is 6.03 Å². The number of fused-ring (bicyclic) bond motifs is 1. The lowest BCUT2D eigenvalue weighted by atomic mass is 9.98. The van der Waals surface area contributed by atoms with Crippen molar-refractivity contribution >= 4 is 16.8 Å². The molecule has 0 unspecified atom stereocenters. The molecule has 1 fully saturated rings. The van der Waals surface area contributed by atoms with Crippen molar-refractivity contribution in [3.8, 4) is 11.1 Å². The number of nitrogens with one attached hydrogen (secondary N) is 2. The minimum Gasteiger partial charge on any atom is -0.392 e. The molecular formula is C41H45N3O4. The van der Waals surface area contributed by atoms with Crippen LogP contribution >= 0.6 is 0 Å². The average molecular weight is 644 g/mol. The molecule has 5 aromatic rings. The fraction of sp³-hybridized carbons (Fsp3) is 0.293. The van der Waals surface area contributed by atoms with E-state index in [2.05, 4.69) is 108 Å². The predicted molar refractivity (Wildman–Crippen MR) is 191 cm³/mol. The van der Waals surface area contributed by atoms with Crippen LogP contribution in [0.15, 0.2) is 115 Å². The van der Waals surface area contributed by atoms with Crippen LogP contribution in [-0.4, -0.2) is 42.3 Å². The molecule has 1 heterocycles. The summed E-state index contributed by atoms with van der Waals surface area (Å²) in [6, 6.07) is 39.8. The van der Waals surface area contributed by atoms with Gasteiger partial charge in [-0.3, -0.25) is 4.90 Å². The minimum atomic E-state index is -0.530. The number of nitrogens with zero attached hydrogens (tertiary/aromatic N) is 1. The van der Waals surface area contributed by atoms with Crippen molar-refractivity contribution < 1.29 is 19.4 Å². The first kappa shape index (κ1) is 33.4. The molecule has 6 rings (SSSR count). The first-order valence-corrected chi connectivity index (χ1v) is 16.8. The van der Waals surface area contributed by atoms with Crippen LogP contribution in [0.1, 0.15) is 66.5 Å². The van der Waals surface area contributed by atoms with Gasteiger partial charge in [-0.05, 0) is 77.2 Å². The highest BCUT2D eigenvalue weighted by Crippen LogP contribution is 2.39. The molecule has 0 bridgehead atoms. The Kier molecular flexibility index (Phi) is 10.8. The van der Waals surface area contributed by atoms with Gasteiger partial charge in [0.25, 0.3) is 0 Å². The van der Waals surface area contributed by atoms with E-state index in [9.17, 15) is 9.90 Å². The lowest BCUT2D eigenvalue weighted by molar-refractivity contribution is -0.253. The van der Waals surface area contributed by atoms with E-state index in [0.717, 1.165) is 46.3 Å². The van der Waals surface area contributed by atoms with Gasteiger partial charge in [0.15, 0.2) is 6.29 Å². The van der Waals surface area contributed by atoms with Gasteiger partial charge in [0.2, 0.25) is 0 Å². The molecule has 5 aromatic carbocycles. The summed E-state index contributed by atoms with van der Waals surface area (Å²) in [7, 11) is 2.16. The number of hydrogen-bond donors (Lipinski definition) is 3. The molecule has 0 aliphatic carbocycles. The van der Waals surface area contributed by atoms with E-state index in [0.29, 0.717) is 13.1 Å². The maximum absolute atomic E-state index is 11.9. The number of carbonyl (C=O) groups is 1. The molecule has 0 spiro atoms. The van der Waals surface area contributed by atoms with Gasteiger partial charge in [-0.15, -0.1) is 0 Å². The summed E-state index contributed by atoms with van der Waals surface area (Å²) in [5.41, 5.74) is 7.36. The second-order valence-electron chi connectivity index (χ2n) is 12.6. The number of ether oxygens (including phenoxy) is 2. The third kappa shape index (κ3) is 8.12. The number of aliphatic hydroxyl groups is 1. The molecule has 3 N–H and O–H groups in total. The van der Waals surface area contributed by atoms with E-state index < -0.39 is 6.29 Å². The molecule has 4 atom stereocenters. The van der Waals surface area contributed by atoms with Crippen molar-refractivity contribution in [2.24, 2.45) is 0 Å². The maximum Gasteiger partial charge on any atom is 0.315 e. The van der Waals surface area contributed by atoms with Crippen molar-refractivity contribution in [3.63, 3.8) is 0 Å². The number of hydrogen-bond acceptors (Lipinski definition) is 5. The summed E-state index contributed by atoms with van der Waals surface area (Å²) in [5, 5.41) is 17.7. The molecular weight excluding hydrogens is 598 g/mol. The highest BCUT2D eigenvalue weighted by molar-refractivity contribution is 5.83. The van der Waals surface area contributed by atoms with Crippen molar-refractivity contribution in [2.45, 2.75) is 58.0 Å². The molecule has 7 nitrogen and oxygen atoms in total. The van der Waals surface area contributed by atoms with E-state index in [4.69, 9.17) is 9.47 Å². The quantitative estimate of drug-likeness (QED) is 0.136. The van der Waals surface area contributed by atoms with Crippen LogP contribution in [0.25, 0.3) is 21.9 Å². The van der Waals surface area contributed by atoms with Gasteiger partial charge < -0.3 is 25.2 Å². The smallest absolute Gasteiger partial charge is 0.315 e. The van der Waals surface area contributed by atoms with E-state index in [1.807, 2.05) is 43.3 Å². The predicted octanol–water partition coefficient (Wildman–Crippen LogP) is 8.06. The van der Waals surface area contributed by atoms with E-state index in [1.165, 1.54) is 16.3 Å². The Bertz CT molecular complexity index is 1810. The SMILES string of the molecule is CCNC(=O)NCc1cccc(-c2ccc([C@@H]3O[C@H](CN(C)[C@H](C)c4ccc5ccccc5c4)C[C@H](c4ccc(CO)cc4)O3)cc2)c1. The third-order valence-corrected chi connectivity index (χ3v) is 9.26. The molecule has 0 radical (unpaired) electrons. The van der Waals surface area contributed by atoms with E-state index >= 15 is 0 Å². The summed E-state index contributed by atoms with van der Waals surface area (Å²) < 4.78 is 13.3. The zero-order valence-electron chi connectivity index (χ0n) is 27.9. The van der Waals surface area contributed by atoms with E-state index in [-0.39, 0.29) is 30.9 Å². The van der Waals surface area contributed by atoms with Crippen LogP contribution in [0, 0.1) is 0 Å². The fourth-order valence-electron chi connectivity index (χ4n) is 6.33. The molecule has 248 valence electrons. The highest BCUT2D eigenvalue weighted by Gasteiger charge is 2.33. The zero-order valence-corrected chi connectivity index (χ0v) is 27.9. The molecule has 0 saturated carbocycles. The number of carbonyl (C=O) groups excluding carboxylic acids is 1. The Morgan fingerprint density at radius 3 is 2.31 bits per heavy atom. The number of aliphatic hydroxyl groups excluding tert-OH is 1. The van der Waals surface area contributed by atoms with Gasteiger partial charge in [-0.2, -0.15) is 0 Å². The Morgan fingerprint density at radius 1 is 0.812 bits per heavy atom. The van der Waals surface area contributed by atoms with Gasteiger partial charge in [0, 0.05) is 37.7 Å². The Labute approximate surface area is 283 Å². The van der Waals surface area contributed by atoms with Gasteiger partial charge in [0.05, 0.1) is 18.8 Å². The van der Waals surface area contributed by atoms with Gasteiger partial charge in [0.1, 0.15) is 0 Å². The average Bonchev–Trinajstić information content (AvgIpc) is 3.13. The Balaban J connectivity index is 1.19. The minimum absolute atomic E-state index is 0.0115. The largest absolute Gasteiger partial charge is 0.392 e. The topological polar surface area (TPSA) is 83.1 Å². The van der Waals surface area contributed by atoms with Gasteiger partial charge in [-0.25, -0.2) is 4.79 Å². The summed E-state index contributed by atoms with van der Waals surface area (Å²) >= 11 is 0. The highest BCUT2D eigenvalue weighted by atomic mass is 16.7. The van der Waals surface area contributed by atoms with Crippen molar-refractivity contribution in [2.75, 3.05) is 20.1 Å². The van der Waals surface area contributed by atoms with Crippen LogP contribution in [0.5, 0.6) is 0 Å². The normalized spacial score (nSPS) is 18.5. The standard InChI is InChI=1S/C41H45N3O4/c1-4-42-41(46)43-25-30-8-7-11-36(22-30)32-16-19-34(20-17-32)40-47-38(24-39(48-40)33-14-12-29(27-45)13-15-33)26-44(3)28(2)35-21-18-31-9-5-6-10-37(31)23-35/h5-23,28,38-40,45H,4,24-27H2,1-3H3,(H2,42,43,46)/t28-,38+,39-,40-/m1/s1. The molecule has 1 saturated heterocycles. The van der Waals surface area contributed by atoms with Crippen LogP contribution in [-0.2, 0) is 22.6 Å². The summed E-state index contributed by atoms with van der Waals surface area (Å²) in [6.07, 6.45) is -0.0243. The molecule has 0 aromatic heterocycles. The second kappa shape index (κ2) is 15.6. The van der Waals surface area contributed by atoms with Crippen LogP contribution in [0.4, 0.5) is 4.79 Å². The number of urea groups is 1. The Morgan fingerprint density at radius 2 is 1.56 bits per heavy atom. The number of benzene rings is 5. The molecule has 2 amide bonds. The molecule has 48 heavy (non-hydrogen) atoms. The molecule has 1 aliphatic heterocycles. The van der Waals surface area contributed by atoms with Crippen molar-refractivity contribution in [1.82, 2.24) is 15.5 Å². The summed E-state index contributed by atoms with van der Waals surface area (Å²) in [5.74, 6) is 0. The summed E-state index contributed by atoms with van der Waals surface area (Å²) in [6.45, 7) is 5.94. The van der Waals surface area contributed by atoms with Crippen LogP contribution in [0.3, 0.4) is 0 Å². The number of rotatable bonds is 11. The fourth-order valence-corrected chi connectivity index (χ4v) is 6.33. The van der Waals surface area contributed by atoms with E-state index in [1.54, 1.807) is 0 Å². The van der Waals surface area contributed by atoms with Crippen molar-refractivity contribution in [1.29, 1.82) is 0 Å². The molecule has 1 aliphatic rings.